The normalized spacial score (nSPS) is 28.9. The zero-order valence-corrected chi connectivity index (χ0v) is 9.58. The van der Waals surface area contributed by atoms with Gasteiger partial charge < -0.3 is 20.2 Å². The van der Waals surface area contributed by atoms with Crippen molar-refractivity contribution in [1.29, 1.82) is 0 Å². The van der Waals surface area contributed by atoms with Gasteiger partial charge in [-0.15, -0.1) is 0 Å². The van der Waals surface area contributed by atoms with Crippen LogP contribution in [-0.2, 0) is 0 Å². The van der Waals surface area contributed by atoms with E-state index in [1.807, 2.05) is 0 Å². The first-order chi connectivity index (χ1) is 6.58. The van der Waals surface area contributed by atoms with Crippen LogP contribution in [0.5, 0.6) is 0 Å². The maximum atomic E-state index is 9.40. The first-order valence-electron chi connectivity index (χ1n) is 5.27. The SMILES string of the molecule is CN(C)CCNC1(CO)CCN(C)C1. The van der Waals surface area contributed by atoms with E-state index in [2.05, 4.69) is 36.3 Å². The highest BCUT2D eigenvalue weighted by Crippen LogP contribution is 2.18. The molecule has 0 aromatic carbocycles. The average Bonchev–Trinajstić information content (AvgIpc) is 2.48. The second-order valence-corrected chi connectivity index (χ2v) is 4.66. The number of nitrogens with zero attached hydrogens (tertiary/aromatic N) is 2. The average molecular weight is 201 g/mol. The minimum atomic E-state index is -0.0508. The monoisotopic (exact) mass is 201 g/mol. The summed E-state index contributed by atoms with van der Waals surface area (Å²) in [5.41, 5.74) is -0.0508. The van der Waals surface area contributed by atoms with E-state index < -0.39 is 0 Å². The molecule has 0 bridgehead atoms. The molecule has 0 aromatic rings. The summed E-state index contributed by atoms with van der Waals surface area (Å²) in [6.45, 7) is 4.24. The van der Waals surface area contributed by atoms with Crippen molar-refractivity contribution in [3.8, 4) is 0 Å². The van der Waals surface area contributed by atoms with Crippen molar-refractivity contribution in [2.24, 2.45) is 0 Å². The van der Waals surface area contributed by atoms with Gasteiger partial charge in [-0.1, -0.05) is 0 Å². The fourth-order valence-electron chi connectivity index (χ4n) is 1.95. The van der Waals surface area contributed by atoms with Crippen LogP contribution in [0.4, 0.5) is 0 Å². The molecule has 1 fully saturated rings. The van der Waals surface area contributed by atoms with Crippen LogP contribution in [0.3, 0.4) is 0 Å². The van der Waals surface area contributed by atoms with E-state index in [-0.39, 0.29) is 12.1 Å². The van der Waals surface area contributed by atoms with Crippen LogP contribution in [0.25, 0.3) is 0 Å². The van der Waals surface area contributed by atoms with Gasteiger partial charge in [-0.05, 0) is 34.1 Å². The Morgan fingerprint density at radius 3 is 2.64 bits per heavy atom. The van der Waals surface area contributed by atoms with Gasteiger partial charge >= 0.3 is 0 Å². The largest absolute Gasteiger partial charge is 0.394 e. The lowest BCUT2D eigenvalue weighted by Gasteiger charge is -2.28. The molecule has 0 spiro atoms. The highest BCUT2D eigenvalue weighted by Gasteiger charge is 2.35. The van der Waals surface area contributed by atoms with Gasteiger partial charge in [-0.2, -0.15) is 0 Å². The molecule has 1 aliphatic heterocycles. The predicted molar refractivity (Wildman–Crippen MR) is 58.5 cm³/mol. The molecule has 0 aliphatic carbocycles. The van der Waals surface area contributed by atoms with Crippen LogP contribution < -0.4 is 5.32 Å². The van der Waals surface area contributed by atoms with Crippen molar-refractivity contribution in [3.63, 3.8) is 0 Å². The molecule has 1 atom stereocenters. The Bertz CT molecular complexity index is 175. The van der Waals surface area contributed by atoms with Gasteiger partial charge in [0.1, 0.15) is 0 Å². The summed E-state index contributed by atoms with van der Waals surface area (Å²) < 4.78 is 0. The highest BCUT2D eigenvalue weighted by atomic mass is 16.3. The summed E-state index contributed by atoms with van der Waals surface area (Å²) in [4.78, 5) is 4.41. The zero-order chi connectivity index (χ0) is 10.6. The predicted octanol–water partition coefficient (Wildman–Crippen LogP) is -0.796. The van der Waals surface area contributed by atoms with Gasteiger partial charge in [-0.25, -0.2) is 0 Å². The van der Waals surface area contributed by atoms with Crippen LogP contribution in [0.1, 0.15) is 6.42 Å². The molecule has 0 amide bonds. The molecular formula is C10H23N3O. The maximum absolute atomic E-state index is 9.40. The van der Waals surface area contributed by atoms with Crippen molar-refractivity contribution in [2.45, 2.75) is 12.0 Å². The molecule has 1 saturated heterocycles. The molecular weight excluding hydrogens is 178 g/mol. The second-order valence-electron chi connectivity index (χ2n) is 4.66. The molecule has 1 aliphatic rings. The third-order valence-electron chi connectivity index (χ3n) is 2.91. The number of likely N-dealkylation sites (tertiary alicyclic amines) is 1. The Morgan fingerprint density at radius 2 is 2.21 bits per heavy atom. The fraction of sp³-hybridized carbons (Fsp3) is 1.00. The fourth-order valence-corrected chi connectivity index (χ4v) is 1.95. The summed E-state index contributed by atoms with van der Waals surface area (Å²) in [5, 5.41) is 12.9. The smallest absolute Gasteiger partial charge is 0.0626 e. The Labute approximate surface area is 86.9 Å². The summed E-state index contributed by atoms with van der Waals surface area (Å²) >= 11 is 0. The molecule has 84 valence electrons. The summed E-state index contributed by atoms with van der Waals surface area (Å²) in [6.07, 6.45) is 1.05. The molecule has 1 heterocycles. The Morgan fingerprint density at radius 1 is 1.50 bits per heavy atom. The van der Waals surface area contributed by atoms with Crippen molar-refractivity contribution >= 4 is 0 Å². The molecule has 1 unspecified atom stereocenters. The molecule has 0 saturated carbocycles. The highest BCUT2D eigenvalue weighted by molar-refractivity contribution is 4.95. The molecule has 2 N–H and O–H groups in total. The lowest BCUT2D eigenvalue weighted by atomic mass is 10.00. The van der Waals surface area contributed by atoms with E-state index in [4.69, 9.17) is 0 Å². The lowest BCUT2D eigenvalue weighted by molar-refractivity contribution is 0.162. The summed E-state index contributed by atoms with van der Waals surface area (Å²) in [5.74, 6) is 0. The number of rotatable bonds is 5. The third kappa shape index (κ3) is 3.20. The lowest BCUT2D eigenvalue weighted by Crippen LogP contribution is -2.52. The van der Waals surface area contributed by atoms with Crippen LogP contribution in [0.2, 0.25) is 0 Å². The number of aliphatic hydroxyl groups excluding tert-OH is 1. The Kier molecular flexibility index (Phi) is 4.31. The first-order valence-corrected chi connectivity index (χ1v) is 5.27. The molecule has 0 aromatic heterocycles. The third-order valence-corrected chi connectivity index (χ3v) is 2.91. The molecule has 14 heavy (non-hydrogen) atoms. The van der Waals surface area contributed by atoms with Gasteiger partial charge in [0.2, 0.25) is 0 Å². The van der Waals surface area contributed by atoms with E-state index in [1.165, 1.54) is 0 Å². The van der Waals surface area contributed by atoms with Gasteiger partial charge in [0, 0.05) is 19.6 Å². The van der Waals surface area contributed by atoms with E-state index in [9.17, 15) is 5.11 Å². The summed E-state index contributed by atoms with van der Waals surface area (Å²) in [7, 11) is 6.23. The van der Waals surface area contributed by atoms with E-state index in [0.29, 0.717) is 0 Å². The van der Waals surface area contributed by atoms with Crippen LogP contribution in [0.15, 0.2) is 0 Å². The summed E-state index contributed by atoms with van der Waals surface area (Å²) in [6, 6.07) is 0. The minimum Gasteiger partial charge on any atom is -0.394 e. The van der Waals surface area contributed by atoms with Crippen molar-refractivity contribution in [3.05, 3.63) is 0 Å². The Hall–Kier alpha value is -0.160. The second kappa shape index (κ2) is 5.07. The molecule has 4 nitrogen and oxygen atoms in total. The van der Waals surface area contributed by atoms with Crippen molar-refractivity contribution in [1.82, 2.24) is 15.1 Å². The zero-order valence-electron chi connectivity index (χ0n) is 9.58. The minimum absolute atomic E-state index is 0.0508. The van der Waals surface area contributed by atoms with Gasteiger partial charge in [0.15, 0.2) is 0 Å². The number of hydrogen-bond acceptors (Lipinski definition) is 4. The van der Waals surface area contributed by atoms with E-state index in [0.717, 1.165) is 32.6 Å². The topological polar surface area (TPSA) is 38.7 Å². The van der Waals surface area contributed by atoms with Gasteiger partial charge in [-0.3, -0.25) is 0 Å². The van der Waals surface area contributed by atoms with Crippen LogP contribution in [0, 0.1) is 0 Å². The van der Waals surface area contributed by atoms with Gasteiger partial charge in [0.05, 0.1) is 12.1 Å². The maximum Gasteiger partial charge on any atom is 0.0626 e. The first kappa shape index (κ1) is 11.9. The number of hydrogen-bond donors (Lipinski definition) is 2. The molecule has 1 rings (SSSR count). The van der Waals surface area contributed by atoms with Crippen LogP contribution >= 0.6 is 0 Å². The van der Waals surface area contributed by atoms with Gasteiger partial charge in [0.25, 0.3) is 0 Å². The number of likely N-dealkylation sites (N-methyl/N-ethyl adjacent to an activating group) is 2. The number of aliphatic hydroxyl groups is 1. The number of nitrogens with one attached hydrogen (secondary N) is 1. The van der Waals surface area contributed by atoms with Crippen molar-refractivity contribution < 1.29 is 5.11 Å². The molecule has 4 heteroatoms. The van der Waals surface area contributed by atoms with Crippen molar-refractivity contribution in [2.75, 3.05) is 53.9 Å². The standard InChI is InChI=1S/C10H23N3O/c1-12(2)7-5-11-10(9-14)4-6-13(3)8-10/h11,14H,4-9H2,1-3H3. The van der Waals surface area contributed by atoms with E-state index >= 15 is 0 Å². The Balaban J connectivity index is 2.31. The van der Waals surface area contributed by atoms with Crippen LogP contribution in [-0.4, -0.2) is 74.4 Å². The van der Waals surface area contributed by atoms with E-state index in [1.54, 1.807) is 0 Å². The molecule has 0 radical (unpaired) electrons. The quantitative estimate of drug-likeness (QED) is 0.611.